The summed E-state index contributed by atoms with van der Waals surface area (Å²) < 4.78 is 1.67. The monoisotopic (exact) mass is 381 g/mol. The van der Waals surface area contributed by atoms with E-state index in [1.165, 1.54) is 0 Å². The summed E-state index contributed by atoms with van der Waals surface area (Å²) in [5.41, 5.74) is 9.52. The van der Waals surface area contributed by atoms with Crippen molar-refractivity contribution in [2.45, 2.75) is 58.4 Å². The fourth-order valence-electron chi connectivity index (χ4n) is 5.00. The number of nitrogens with zero attached hydrogens (tertiary/aromatic N) is 4. The normalized spacial score (nSPS) is 21.2. The van der Waals surface area contributed by atoms with E-state index in [1.54, 1.807) is 4.57 Å². The van der Waals surface area contributed by atoms with Crippen LogP contribution in [0.5, 0.6) is 0 Å². The fraction of sp³-hybridized carbons (Fsp3) is 0.524. The molecule has 0 bridgehead atoms. The quantitative estimate of drug-likeness (QED) is 0.858. The zero-order valence-electron chi connectivity index (χ0n) is 16.8. The molecule has 1 spiro atoms. The van der Waals surface area contributed by atoms with Gasteiger partial charge in [-0.3, -0.25) is 9.59 Å². The van der Waals surface area contributed by atoms with Crippen molar-refractivity contribution in [2.24, 2.45) is 0 Å². The van der Waals surface area contributed by atoms with Gasteiger partial charge in [0, 0.05) is 36.9 Å². The Balaban J connectivity index is 1.70. The number of nitrogen functional groups attached to an aromatic ring is 1. The maximum absolute atomic E-state index is 13.4. The molecule has 4 rings (SSSR count). The lowest BCUT2D eigenvalue weighted by Gasteiger charge is -2.40. The highest BCUT2D eigenvalue weighted by molar-refractivity contribution is 5.95. The zero-order valence-corrected chi connectivity index (χ0v) is 16.8. The Labute approximate surface area is 164 Å². The van der Waals surface area contributed by atoms with Crippen molar-refractivity contribution in [2.75, 3.05) is 18.8 Å². The van der Waals surface area contributed by atoms with Gasteiger partial charge < -0.3 is 15.2 Å². The number of pyridine rings is 1. The standard InChI is InChI=1S/C21H27N5O2/c1-4-26-14(3)10-13(2)16(19(26)28)18(27)25-9-5-7-21(12-25)8-6-15-11-23-20(22)24-17(15)21/h10-11H,4-9,12H2,1-3H3,(H2,22,23,24). The topological polar surface area (TPSA) is 94.1 Å². The number of rotatable bonds is 2. The summed E-state index contributed by atoms with van der Waals surface area (Å²) in [5, 5.41) is 0. The highest BCUT2D eigenvalue weighted by Gasteiger charge is 2.45. The van der Waals surface area contributed by atoms with E-state index in [0.29, 0.717) is 25.2 Å². The number of amides is 1. The molecule has 2 aliphatic rings. The number of carbonyl (C=O) groups excluding carboxylic acids is 1. The second-order valence-electron chi connectivity index (χ2n) is 8.11. The van der Waals surface area contributed by atoms with Crippen molar-refractivity contribution in [1.29, 1.82) is 0 Å². The molecule has 0 saturated carbocycles. The van der Waals surface area contributed by atoms with Crippen molar-refractivity contribution < 1.29 is 4.79 Å². The summed E-state index contributed by atoms with van der Waals surface area (Å²) in [7, 11) is 0. The molecule has 148 valence electrons. The molecule has 0 radical (unpaired) electrons. The third-order valence-electron chi connectivity index (χ3n) is 6.36. The molecule has 0 aromatic carbocycles. The van der Waals surface area contributed by atoms with Gasteiger partial charge in [0.15, 0.2) is 0 Å². The van der Waals surface area contributed by atoms with Crippen LogP contribution in [-0.4, -0.2) is 38.4 Å². The van der Waals surface area contributed by atoms with E-state index in [9.17, 15) is 9.59 Å². The molecule has 1 aliphatic heterocycles. The highest BCUT2D eigenvalue weighted by Crippen LogP contribution is 2.44. The van der Waals surface area contributed by atoms with Gasteiger partial charge in [-0.25, -0.2) is 9.97 Å². The van der Waals surface area contributed by atoms with Gasteiger partial charge in [0.25, 0.3) is 11.5 Å². The molecule has 2 aromatic rings. The van der Waals surface area contributed by atoms with E-state index in [1.807, 2.05) is 37.9 Å². The maximum Gasteiger partial charge on any atom is 0.263 e. The van der Waals surface area contributed by atoms with Crippen molar-refractivity contribution in [3.8, 4) is 0 Å². The summed E-state index contributed by atoms with van der Waals surface area (Å²) in [4.78, 5) is 36.9. The summed E-state index contributed by atoms with van der Waals surface area (Å²) in [6.07, 6.45) is 5.53. The molecule has 1 fully saturated rings. The van der Waals surface area contributed by atoms with Gasteiger partial charge in [-0.2, -0.15) is 0 Å². The van der Waals surface area contributed by atoms with E-state index in [0.717, 1.165) is 48.2 Å². The van der Waals surface area contributed by atoms with E-state index >= 15 is 0 Å². The Morgan fingerprint density at radius 2 is 2.11 bits per heavy atom. The lowest BCUT2D eigenvalue weighted by Crippen LogP contribution is -2.49. The first-order valence-corrected chi connectivity index (χ1v) is 9.98. The number of nitrogens with two attached hydrogens (primary N) is 1. The van der Waals surface area contributed by atoms with Gasteiger partial charge in [-0.15, -0.1) is 0 Å². The summed E-state index contributed by atoms with van der Waals surface area (Å²) in [6.45, 7) is 7.47. The van der Waals surface area contributed by atoms with E-state index in [-0.39, 0.29) is 22.8 Å². The van der Waals surface area contributed by atoms with Crippen LogP contribution < -0.4 is 11.3 Å². The zero-order chi connectivity index (χ0) is 20.1. The second-order valence-corrected chi connectivity index (χ2v) is 8.11. The molecule has 2 aromatic heterocycles. The summed E-state index contributed by atoms with van der Waals surface area (Å²) >= 11 is 0. The SMILES string of the molecule is CCn1c(C)cc(C)c(C(=O)N2CCCC3(CCc4cnc(N)nc43)C2)c1=O. The predicted octanol–water partition coefficient (Wildman–Crippen LogP) is 1.98. The molecule has 7 nitrogen and oxygen atoms in total. The second kappa shape index (κ2) is 6.72. The number of carbonyl (C=O) groups is 1. The molecule has 1 aliphatic carbocycles. The minimum atomic E-state index is -0.192. The molecule has 3 heterocycles. The maximum atomic E-state index is 13.4. The number of piperidine rings is 1. The third-order valence-corrected chi connectivity index (χ3v) is 6.36. The van der Waals surface area contributed by atoms with Gasteiger partial charge in [-0.05, 0) is 63.6 Å². The van der Waals surface area contributed by atoms with E-state index < -0.39 is 0 Å². The predicted molar refractivity (Wildman–Crippen MR) is 107 cm³/mol. The van der Waals surface area contributed by atoms with E-state index in [2.05, 4.69) is 9.97 Å². The van der Waals surface area contributed by atoms with Gasteiger partial charge in [0.2, 0.25) is 5.95 Å². The van der Waals surface area contributed by atoms with Crippen LogP contribution in [0.25, 0.3) is 0 Å². The number of anilines is 1. The number of hydrogen-bond donors (Lipinski definition) is 1. The van der Waals surface area contributed by atoms with Crippen LogP contribution >= 0.6 is 0 Å². The average molecular weight is 381 g/mol. The Kier molecular flexibility index (Phi) is 4.48. The van der Waals surface area contributed by atoms with Crippen LogP contribution in [0.1, 0.15) is 59.1 Å². The Hall–Kier alpha value is -2.70. The molecule has 1 atom stereocenters. The molecule has 1 unspecified atom stereocenters. The van der Waals surface area contributed by atoms with Gasteiger partial charge in [0.1, 0.15) is 5.56 Å². The Morgan fingerprint density at radius 3 is 2.86 bits per heavy atom. The van der Waals surface area contributed by atoms with Crippen LogP contribution in [-0.2, 0) is 18.4 Å². The van der Waals surface area contributed by atoms with Gasteiger partial charge >= 0.3 is 0 Å². The Bertz CT molecular complexity index is 1010. The molecular formula is C21H27N5O2. The molecule has 7 heteroatoms. The summed E-state index contributed by atoms with van der Waals surface area (Å²) in [6, 6.07) is 1.93. The third kappa shape index (κ3) is 2.80. The lowest BCUT2D eigenvalue weighted by atomic mass is 9.77. The fourth-order valence-corrected chi connectivity index (χ4v) is 5.00. The highest BCUT2D eigenvalue weighted by atomic mass is 16.2. The van der Waals surface area contributed by atoms with Crippen LogP contribution in [0.4, 0.5) is 5.95 Å². The number of hydrogen-bond acceptors (Lipinski definition) is 5. The van der Waals surface area contributed by atoms with E-state index in [4.69, 9.17) is 5.73 Å². The number of fused-ring (bicyclic) bond motifs is 2. The molecule has 1 amide bonds. The Morgan fingerprint density at radius 1 is 1.32 bits per heavy atom. The molecule has 1 saturated heterocycles. The van der Waals surface area contributed by atoms with Crippen molar-refractivity contribution >= 4 is 11.9 Å². The minimum Gasteiger partial charge on any atom is -0.368 e. The van der Waals surface area contributed by atoms with Crippen molar-refractivity contribution in [3.05, 3.63) is 50.7 Å². The number of aromatic nitrogens is 3. The first-order valence-electron chi connectivity index (χ1n) is 9.98. The molecular weight excluding hydrogens is 354 g/mol. The van der Waals surface area contributed by atoms with Gasteiger partial charge in [0.05, 0.1) is 5.69 Å². The minimum absolute atomic E-state index is 0.167. The smallest absolute Gasteiger partial charge is 0.263 e. The van der Waals surface area contributed by atoms with Gasteiger partial charge in [-0.1, -0.05) is 0 Å². The largest absolute Gasteiger partial charge is 0.368 e. The number of aryl methyl sites for hydroxylation is 3. The summed E-state index contributed by atoms with van der Waals surface area (Å²) in [5.74, 6) is 0.114. The van der Waals surface area contributed by atoms with Crippen LogP contribution in [0.15, 0.2) is 17.1 Å². The van der Waals surface area contributed by atoms with Crippen molar-refractivity contribution in [1.82, 2.24) is 19.4 Å². The molecule has 2 N–H and O–H groups in total. The number of likely N-dealkylation sites (tertiary alicyclic amines) is 1. The van der Waals surface area contributed by atoms with Crippen LogP contribution in [0.2, 0.25) is 0 Å². The average Bonchev–Trinajstić information content (AvgIpc) is 2.99. The van der Waals surface area contributed by atoms with Crippen LogP contribution in [0.3, 0.4) is 0 Å². The van der Waals surface area contributed by atoms with Crippen LogP contribution in [0, 0.1) is 13.8 Å². The lowest BCUT2D eigenvalue weighted by molar-refractivity contribution is 0.0630. The van der Waals surface area contributed by atoms with Crippen molar-refractivity contribution in [3.63, 3.8) is 0 Å². The first kappa shape index (κ1) is 18.7. The first-order chi connectivity index (χ1) is 13.4. The molecule has 28 heavy (non-hydrogen) atoms.